The topological polar surface area (TPSA) is 71.3 Å². The van der Waals surface area contributed by atoms with Crippen LogP contribution in [0.5, 0.6) is 0 Å². The summed E-state index contributed by atoms with van der Waals surface area (Å²) in [6.45, 7) is 4.58. The minimum atomic E-state index is -3.53. The van der Waals surface area contributed by atoms with Crippen molar-refractivity contribution in [3.05, 3.63) is 18.0 Å². The van der Waals surface area contributed by atoms with Gasteiger partial charge in [-0.1, -0.05) is 26.2 Å². The Kier molecular flexibility index (Phi) is 5.11. The third kappa shape index (κ3) is 3.87. The van der Waals surface area contributed by atoms with Gasteiger partial charge in [-0.05, 0) is 32.3 Å². The average molecular weight is 314 g/mol. The number of aromatic nitrogens is 1. The van der Waals surface area contributed by atoms with E-state index >= 15 is 0 Å². The zero-order valence-corrected chi connectivity index (χ0v) is 13.7. The first-order chi connectivity index (χ1) is 9.90. The molecule has 1 aromatic rings. The number of nitrogens with one attached hydrogen (secondary N) is 1. The van der Waals surface area contributed by atoms with Crippen LogP contribution in [0.4, 0.5) is 0 Å². The van der Waals surface area contributed by atoms with Crippen LogP contribution >= 0.6 is 0 Å². The first-order valence-electron chi connectivity index (χ1n) is 7.74. The standard InChI is InChI=1S/C15H26N2O3S/c1-3-9-17-11-14(10-13(17)12-18)21(19,20)16-15(2)7-5-4-6-8-15/h10-11,16,18H,3-9,12H2,1-2H3. The Bertz CT molecular complexity index is 572. The van der Waals surface area contributed by atoms with E-state index in [4.69, 9.17) is 0 Å². The summed E-state index contributed by atoms with van der Waals surface area (Å²) in [6.07, 6.45) is 7.60. The molecule has 21 heavy (non-hydrogen) atoms. The van der Waals surface area contributed by atoms with E-state index in [0.29, 0.717) is 12.2 Å². The molecule has 5 nitrogen and oxygen atoms in total. The summed E-state index contributed by atoms with van der Waals surface area (Å²) in [5.41, 5.74) is 0.301. The molecule has 1 aliphatic rings. The molecule has 0 saturated heterocycles. The van der Waals surface area contributed by atoms with Crippen LogP contribution in [0.15, 0.2) is 17.2 Å². The van der Waals surface area contributed by atoms with Crippen molar-refractivity contribution in [1.82, 2.24) is 9.29 Å². The Balaban J connectivity index is 2.22. The van der Waals surface area contributed by atoms with E-state index in [2.05, 4.69) is 4.72 Å². The summed E-state index contributed by atoms with van der Waals surface area (Å²) in [5, 5.41) is 9.36. The van der Waals surface area contributed by atoms with Crippen LogP contribution in [-0.2, 0) is 23.2 Å². The molecule has 1 aromatic heterocycles. The van der Waals surface area contributed by atoms with Crippen molar-refractivity contribution in [2.24, 2.45) is 0 Å². The SMILES string of the molecule is CCCn1cc(S(=O)(=O)NC2(C)CCCCC2)cc1CO. The van der Waals surface area contributed by atoms with Crippen LogP contribution in [0.3, 0.4) is 0 Å². The molecule has 0 atom stereocenters. The van der Waals surface area contributed by atoms with Gasteiger partial charge in [0.05, 0.1) is 11.5 Å². The Morgan fingerprint density at radius 3 is 2.57 bits per heavy atom. The minimum Gasteiger partial charge on any atom is -0.390 e. The van der Waals surface area contributed by atoms with Gasteiger partial charge in [0.1, 0.15) is 0 Å². The van der Waals surface area contributed by atoms with Gasteiger partial charge in [0.2, 0.25) is 10.0 Å². The minimum absolute atomic E-state index is 0.146. The van der Waals surface area contributed by atoms with Crippen LogP contribution in [0, 0.1) is 0 Å². The second kappa shape index (κ2) is 6.50. The highest BCUT2D eigenvalue weighted by atomic mass is 32.2. The smallest absolute Gasteiger partial charge is 0.242 e. The van der Waals surface area contributed by atoms with Crippen molar-refractivity contribution in [3.8, 4) is 0 Å². The molecule has 1 saturated carbocycles. The number of sulfonamides is 1. The van der Waals surface area contributed by atoms with Gasteiger partial charge in [-0.3, -0.25) is 0 Å². The monoisotopic (exact) mass is 314 g/mol. The summed E-state index contributed by atoms with van der Waals surface area (Å²) >= 11 is 0. The fourth-order valence-electron chi connectivity index (χ4n) is 3.07. The number of hydrogen-bond donors (Lipinski definition) is 2. The lowest BCUT2D eigenvalue weighted by Gasteiger charge is -2.33. The predicted molar refractivity (Wildman–Crippen MR) is 82.5 cm³/mol. The fourth-order valence-corrected chi connectivity index (χ4v) is 4.60. The second-order valence-electron chi connectivity index (χ2n) is 6.25. The van der Waals surface area contributed by atoms with Gasteiger partial charge in [-0.15, -0.1) is 0 Å². The summed E-state index contributed by atoms with van der Waals surface area (Å²) in [6, 6.07) is 1.57. The molecule has 6 heteroatoms. The maximum absolute atomic E-state index is 12.6. The third-order valence-electron chi connectivity index (χ3n) is 4.24. The molecule has 0 aromatic carbocycles. The number of nitrogens with zero attached hydrogens (tertiary/aromatic N) is 1. The van der Waals surface area contributed by atoms with Gasteiger partial charge < -0.3 is 9.67 Å². The van der Waals surface area contributed by atoms with E-state index in [0.717, 1.165) is 32.1 Å². The van der Waals surface area contributed by atoms with Gasteiger partial charge in [0.25, 0.3) is 0 Å². The first kappa shape index (κ1) is 16.5. The molecular weight excluding hydrogens is 288 g/mol. The number of aryl methyl sites for hydroxylation is 1. The summed E-state index contributed by atoms with van der Waals surface area (Å²) < 4.78 is 29.9. The van der Waals surface area contributed by atoms with E-state index in [1.165, 1.54) is 6.42 Å². The van der Waals surface area contributed by atoms with E-state index in [-0.39, 0.29) is 17.0 Å². The van der Waals surface area contributed by atoms with Crippen molar-refractivity contribution in [1.29, 1.82) is 0 Å². The van der Waals surface area contributed by atoms with Crippen LogP contribution < -0.4 is 4.72 Å². The van der Waals surface area contributed by atoms with E-state index in [1.54, 1.807) is 12.3 Å². The molecule has 2 rings (SSSR count). The van der Waals surface area contributed by atoms with Gasteiger partial charge in [-0.2, -0.15) is 0 Å². The number of aliphatic hydroxyl groups is 1. The van der Waals surface area contributed by atoms with E-state index in [9.17, 15) is 13.5 Å². The zero-order valence-electron chi connectivity index (χ0n) is 12.9. The Labute approximate surface area is 127 Å². The molecule has 1 fully saturated rings. The molecular formula is C15H26N2O3S. The number of aliphatic hydroxyl groups excluding tert-OH is 1. The predicted octanol–water partition coefficient (Wildman–Crippen LogP) is 2.39. The summed E-state index contributed by atoms with van der Waals surface area (Å²) in [5.74, 6) is 0. The van der Waals surface area contributed by atoms with Gasteiger partial charge >= 0.3 is 0 Å². The van der Waals surface area contributed by atoms with E-state index in [1.807, 2.05) is 18.4 Å². The highest BCUT2D eigenvalue weighted by Crippen LogP contribution is 2.29. The number of hydrogen-bond acceptors (Lipinski definition) is 3. The van der Waals surface area contributed by atoms with Gasteiger partial charge in [0.15, 0.2) is 0 Å². The lowest BCUT2D eigenvalue weighted by Crippen LogP contribution is -2.46. The lowest BCUT2D eigenvalue weighted by molar-refractivity contribution is 0.270. The maximum Gasteiger partial charge on any atom is 0.242 e. The molecule has 0 unspecified atom stereocenters. The lowest BCUT2D eigenvalue weighted by atomic mass is 9.84. The summed E-state index contributed by atoms with van der Waals surface area (Å²) in [4.78, 5) is 0.256. The Hall–Kier alpha value is -0.850. The molecule has 0 radical (unpaired) electrons. The molecule has 0 spiro atoms. The first-order valence-corrected chi connectivity index (χ1v) is 9.22. The highest BCUT2D eigenvalue weighted by molar-refractivity contribution is 7.89. The molecule has 120 valence electrons. The maximum atomic E-state index is 12.6. The Morgan fingerprint density at radius 2 is 2.00 bits per heavy atom. The molecule has 2 N–H and O–H groups in total. The molecule has 0 bridgehead atoms. The van der Waals surface area contributed by atoms with Crippen molar-refractivity contribution in [2.45, 2.75) is 76.0 Å². The Morgan fingerprint density at radius 1 is 1.33 bits per heavy atom. The quantitative estimate of drug-likeness (QED) is 0.847. The molecule has 0 aliphatic heterocycles. The van der Waals surface area contributed by atoms with Gasteiger partial charge in [-0.25, -0.2) is 13.1 Å². The molecule has 0 amide bonds. The zero-order chi connectivity index (χ0) is 15.5. The average Bonchev–Trinajstić information content (AvgIpc) is 2.83. The second-order valence-corrected chi connectivity index (χ2v) is 7.93. The van der Waals surface area contributed by atoms with Crippen LogP contribution in [0.2, 0.25) is 0 Å². The third-order valence-corrected chi connectivity index (χ3v) is 5.84. The normalized spacial score (nSPS) is 18.8. The molecule has 1 aliphatic carbocycles. The largest absolute Gasteiger partial charge is 0.390 e. The highest BCUT2D eigenvalue weighted by Gasteiger charge is 2.32. The van der Waals surface area contributed by atoms with Crippen molar-refractivity contribution in [2.75, 3.05) is 0 Å². The summed E-state index contributed by atoms with van der Waals surface area (Å²) in [7, 11) is -3.53. The number of rotatable bonds is 6. The van der Waals surface area contributed by atoms with Crippen molar-refractivity contribution < 1.29 is 13.5 Å². The van der Waals surface area contributed by atoms with E-state index < -0.39 is 10.0 Å². The van der Waals surface area contributed by atoms with Crippen LogP contribution in [0.1, 0.15) is 58.1 Å². The van der Waals surface area contributed by atoms with Crippen LogP contribution in [-0.4, -0.2) is 23.6 Å². The van der Waals surface area contributed by atoms with Crippen LogP contribution in [0.25, 0.3) is 0 Å². The fraction of sp³-hybridized carbons (Fsp3) is 0.733. The van der Waals surface area contributed by atoms with Gasteiger partial charge in [0, 0.05) is 24.0 Å². The molecule has 1 heterocycles. The van der Waals surface area contributed by atoms with Crippen molar-refractivity contribution >= 4 is 10.0 Å². The van der Waals surface area contributed by atoms with Crippen molar-refractivity contribution in [3.63, 3.8) is 0 Å².